The summed E-state index contributed by atoms with van der Waals surface area (Å²) in [5, 5.41) is 8.80. The van der Waals surface area contributed by atoms with E-state index in [1.165, 1.54) is 6.07 Å². The zero-order valence-corrected chi connectivity index (χ0v) is 8.32. The number of carboxylic acid groups (broad SMARTS) is 1. The number of rotatable bonds is 1. The first-order valence-electron chi connectivity index (χ1n) is 4.87. The Labute approximate surface area is 86.2 Å². The van der Waals surface area contributed by atoms with Crippen molar-refractivity contribution in [2.45, 2.75) is 18.4 Å². The van der Waals surface area contributed by atoms with Gasteiger partial charge in [0.1, 0.15) is 5.60 Å². The molecule has 1 aliphatic carbocycles. The van der Waals surface area contributed by atoms with Crippen molar-refractivity contribution < 1.29 is 19.1 Å². The SMILES string of the molecule is CN1CC2(CC2)Oc2cc(C(=O)O)oc21. The molecule has 2 heterocycles. The number of anilines is 1. The highest BCUT2D eigenvalue weighted by Gasteiger charge is 2.50. The molecule has 2 aliphatic rings. The quantitative estimate of drug-likeness (QED) is 0.756. The average Bonchev–Trinajstić information content (AvgIpc) is 2.76. The molecule has 1 aliphatic heterocycles. The van der Waals surface area contributed by atoms with Gasteiger partial charge < -0.3 is 19.2 Å². The number of carboxylic acids is 1. The number of aromatic carboxylic acids is 1. The van der Waals surface area contributed by atoms with Crippen molar-refractivity contribution in [3.05, 3.63) is 11.8 Å². The minimum absolute atomic E-state index is 0.0652. The second-order valence-corrected chi connectivity index (χ2v) is 4.23. The number of nitrogens with zero attached hydrogens (tertiary/aromatic N) is 1. The van der Waals surface area contributed by atoms with Gasteiger partial charge in [-0.3, -0.25) is 0 Å². The molecule has 80 valence electrons. The zero-order chi connectivity index (χ0) is 10.6. The van der Waals surface area contributed by atoms with Crippen molar-refractivity contribution in [1.29, 1.82) is 0 Å². The summed E-state index contributed by atoms with van der Waals surface area (Å²) >= 11 is 0. The largest absolute Gasteiger partial charge is 0.480 e. The van der Waals surface area contributed by atoms with E-state index in [1.807, 2.05) is 11.9 Å². The van der Waals surface area contributed by atoms with E-state index >= 15 is 0 Å². The molecular formula is C10H11NO4. The van der Waals surface area contributed by atoms with Crippen LogP contribution in [0.3, 0.4) is 0 Å². The Morgan fingerprint density at radius 3 is 2.93 bits per heavy atom. The third-order valence-electron chi connectivity index (χ3n) is 2.90. The summed E-state index contributed by atoms with van der Waals surface area (Å²) in [5.41, 5.74) is -0.0819. The lowest BCUT2D eigenvalue weighted by Crippen LogP contribution is -2.38. The molecule has 1 N–H and O–H groups in total. The van der Waals surface area contributed by atoms with Gasteiger partial charge in [0.25, 0.3) is 0 Å². The summed E-state index contributed by atoms with van der Waals surface area (Å²) in [6, 6.07) is 1.45. The highest BCUT2D eigenvalue weighted by Crippen LogP contribution is 2.48. The molecule has 5 nitrogen and oxygen atoms in total. The molecule has 0 bridgehead atoms. The van der Waals surface area contributed by atoms with Crippen LogP contribution >= 0.6 is 0 Å². The van der Waals surface area contributed by atoms with E-state index < -0.39 is 5.97 Å². The van der Waals surface area contributed by atoms with E-state index in [1.54, 1.807) is 0 Å². The number of hydrogen-bond donors (Lipinski definition) is 1. The topological polar surface area (TPSA) is 62.9 Å². The van der Waals surface area contributed by atoms with Crippen molar-refractivity contribution in [1.82, 2.24) is 0 Å². The summed E-state index contributed by atoms with van der Waals surface area (Å²) in [6.45, 7) is 0.770. The lowest BCUT2D eigenvalue weighted by molar-refractivity contribution is 0.0663. The molecule has 5 heteroatoms. The molecule has 1 saturated carbocycles. The Bertz CT molecular complexity index is 433. The summed E-state index contributed by atoms with van der Waals surface area (Å²) in [6.07, 6.45) is 2.06. The van der Waals surface area contributed by atoms with Crippen LogP contribution in [0.1, 0.15) is 23.4 Å². The number of carbonyl (C=O) groups is 1. The maximum Gasteiger partial charge on any atom is 0.372 e. The average molecular weight is 209 g/mol. The molecule has 0 radical (unpaired) electrons. The number of furan rings is 1. The minimum atomic E-state index is -1.06. The lowest BCUT2D eigenvalue weighted by atomic mass is 10.2. The third-order valence-corrected chi connectivity index (χ3v) is 2.90. The van der Waals surface area contributed by atoms with Gasteiger partial charge in [0.05, 0.1) is 6.54 Å². The molecule has 0 unspecified atom stereocenters. The van der Waals surface area contributed by atoms with E-state index in [-0.39, 0.29) is 11.4 Å². The van der Waals surface area contributed by atoms with Gasteiger partial charge in [-0.05, 0) is 12.8 Å². The van der Waals surface area contributed by atoms with E-state index in [9.17, 15) is 4.79 Å². The fraction of sp³-hybridized carbons (Fsp3) is 0.500. The fourth-order valence-electron chi connectivity index (χ4n) is 1.98. The van der Waals surface area contributed by atoms with Crippen LogP contribution in [-0.2, 0) is 0 Å². The Hall–Kier alpha value is -1.65. The zero-order valence-electron chi connectivity index (χ0n) is 8.32. The summed E-state index contributed by atoms with van der Waals surface area (Å²) in [7, 11) is 1.89. The normalized spacial score (nSPS) is 21.0. The number of hydrogen-bond acceptors (Lipinski definition) is 4. The molecule has 0 amide bonds. The minimum Gasteiger partial charge on any atom is -0.480 e. The van der Waals surface area contributed by atoms with Crippen LogP contribution in [0.2, 0.25) is 0 Å². The first-order chi connectivity index (χ1) is 7.10. The summed E-state index contributed by atoms with van der Waals surface area (Å²) in [4.78, 5) is 12.6. The van der Waals surface area contributed by atoms with E-state index in [0.29, 0.717) is 11.6 Å². The van der Waals surface area contributed by atoms with Crippen LogP contribution in [0.5, 0.6) is 5.75 Å². The van der Waals surface area contributed by atoms with Crippen LogP contribution in [0.15, 0.2) is 10.5 Å². The molecule has 1 aromatic rings. The standard InChI is InChI=1S/C10H11NO4/c1-11-5-10(2-3-10)15-6-4-7(9(12)13)14-8(6)11/h4H,2-3,5H2,1H3,(H,12,13). The molecule has 0 atom stereocenters. The van der Waals surface area contributed by atoms with Crippen molar-refractivity contribution in [2.24, 2.45) is 0 Å². The number of fused-ring (bicyclic) bond motifs is 1. The lowest BCUT2D eigenvalue weighted by Gasteiger charge is -2.30. The Kier molecular flexibility index (Phi) is 1.43. The monoisotopic (exact) mass is 209 g/mol. The molecule has 1 spiro atoms. The van der Waals surface area contributed by atoms with E-state index in [4.69, 9.17) is 14.3 Å². The Balaban J connectivity index is 2.02. The van der Waals surface area contributed by atoms with Gasteiger partial charge >= 0.3 is 5.97 Å². The second kappa shape index (κ2) is 2.48. The van der Waals surface area contributed by atoms with Crippen molar-refractivity contribution in [3.8, 4) is 5.75 Å². The molecule has 1 aromatic heterocycles. The maximum absolute atomic E-state index is 10.7. The molecule has 0 aromatic carbocycles. The van der Waals surface area contributed by atoms with Gasteiger partial charge in [-0.25, -0.2) is 4.79 Å². The smallest absolute Gasteiger partial charge is 0.372 e. The first kappa shape index (κ1) is 8.64. The van der Waals surface area contributed by atoms with Gasteiger partial charge in [0.2, 0.25) is 11.6 Å². The summed E-state index contributed by atoms with van der Waals surface area (Å²) in [5.74, 6) is -0.0561. The van der Waals surface area contributed by atoms with Gasteiger partial charge in [-0.2, -0.15) is 0 Å². The molecule has 0 saturated heterocycles. The van der Waals surface area contributed by atoms with E-state index in [0.717, 1.165) is 19.4 Å². The third kappa shape index (κ3) is 1.19. The van der Waals surface area contributed by atoms with Gasteiger partial charge in [-0.15, -0.1) is 0 Å². The van der Waals surface area contributed by atoms with Gasteiger partial charge in [0.15, 0.2) is 5.75 Å². The summed E-state index contributed by atoms with van der Waals surface area (Å²) < 4.78 is 10.9. The fourth-order valence-corrected chi connectivity index (χ4v) is 1.98. The Morgan fingerprint density at radius 2 is 2.33 bits per heavy atom. The van der Waals surface area contributed by atoms with Gasteiger partial charge in [-0.1, -0.05) is 0 Å². The molecule has 15 heavy (non-hydrogen) atoms. The Morgan fingerprint density at radius 1 is 1.60 bits per heavy atom. The highest BCUT2D eigenvalue weighted by atomic mass is 16.5. The van der Waals surface area contributed by atoms with E-state index in [2.05, 4.69) is 0 Å². The van der Waals surface area contributed by atoms with Gasteiger partial charge in [0, 0.05) is 13.1 Å². The van der Waals surface area contributed by atoms with Crippen LogP contribution in [0.25, 0.3) is 0 Å². The maximum atomic E-state index is 10.7. The first-order valence-corrected chi connectivity index (χ1v) is 4.87. The van der Waals surface area contributed by atoms with Crippen LogP contribution in [-0.4, -0.2) is 30.3 Å². The predicted molar refractivity (Wildman–Crippen MR) is 51.5 cm³/mol. The van der Waals surface area contributed by atoms with Crippen molar-refractivity contribution >= 4 is 11.9 Å². The molecular weight excluding hydrogens is 198 g/mol. The predicted octanol–water partition coefficient (Wildman–Crippen LogP) is 1.34. The molecule has 1 fully saturated rings. The molecule has 3 rings (SSSR count). The second-order valence-electron chi connectivity index (χ2n) is 4.23. The van der Waals surface area contributed by atoms with Crippen LogP contribution in [0, 0.1) is 0 Å². The van der Waals surface area contributed by atoms with Crippen molar-refractivity contribution in [2.75, 3.05) is 18.5 Å². The number of likely N-dealkylation sites (N-methyl/N-ethyl adjacent to an activating group) is 1. The van der Waals surface area contributed by atoms with Crippen LogP contribution < -0.4 is 9.64 Å². The number of ether oxygens (including phenoxy) is 1. The highest BCUT2D eigenvalue weighted by molar-refractivity contribution is 5.86. The van der Waals surface area contributed by atoms with Crippen molar-refractivity contribution in [3.63, 3.8) is 0 Å². The van der Waals surface area contributed by atoms with Crippen LogP contribution in [0.4, 0.5) is 5.88 Å².